The van der Waals surface area contributed by atoms with Gasteiger partial charge in [0.15, 0.2) is 0 Å². The van der Waals surface area contributed by atoms with Crippen molar-refractivity contribution >= 4 is 35.0 Å². The first kappa shape index (κ1) is 16.9. The van der Waals surface area contributed by atoms with E-state index in [0.29, 0.717) is 15.8 Å². The van der Waals surface area contributed by atoms with Crippen LogP contribution in [0.4, 0.5) is 0 Å². The number of nitrogens with zero attached hydrogens (tertiary/aromatic N) is 1. The van der Waals surface area contributed by atoms with Gasteiger partial charge >= 0.3 is 0 Å². The zero-order valence-electron chi connectivity index (χ0n) is 12.1. The van der Waals surface area contributed by atoms with Crippen molar-refractivity contribution in [2.24, 2.45) is 0 Å². The fourth-order valence-electron chi connectivity index (χ4n) is 2.19. The molecule has 0 aromatic heterocycles. The maximum absolute atomic E-state index is 11.8. The van der Waals surface area contributed by atoms with Crippen molar-refractivity contribution in [2.45, 2.75) is 19.3 Å². The summed E-state index contributed by atoms with van der Waals surface area (Å²) in [6.45, 7) is 1.80. The lowest BCUT2D eigenvalue weighted by atomic mass is 10.3. The standard InChI is InChI=1S/C15H18Cl2N2O3/c16-11-3-4-13(12(17)9-11)22-8-5-14(20)18-10-15(21)19-6-1-2-7-19/h3-4,9H,1-2,5-8,10H2,(H,18,20). The number of likely N-dealkylation sites (tertiary alicyclic amines) is 1. The SMILES string of the molecule is O=C(CCOc1ccc(Cl)cc1Cl)NCC(=O)N1CCCC1. The zero-order valence-corrected chi connectivity index (χ0v) is 13.6. The van der Waals surface area contributed by atoms with Gasteiger partial charge in [-0.3, -0.25) is 9.59 Å². The van der Waals surface area contributed by atoms with Gasteiger partial charge in [0.1, 0.15) is 5.75 Å². The molecule has 7 heteroatoms. The van der Waals surface area contributed by atoms with Crippen LogP contribution in [0, 0.1) is 0 Å². The molecule has 1 aliphatic rings. The minimum Gasteiger partial charge on any atom is -0.491 e. The van der Waals surface area contributed by atoms with Gasteiger partial charge in [-0.2, -0.15) is 0 Å². The molecule has 22 heavy (non-hydrogen) atoms. The third-order valence-corrected chi connectivity index (χ3v) is 3.91. The van der Waals surface area contributed by atoms with Crippen molar-refractivity contribution in [2.75, 3.05) is 26.2 Å². The average molecular weight is 345 g/mol. The van der Waals surface area contributed by atoms with Crippen molar-refractivity contribution in [3.8, 4) is 5.75 Å². The number of hydrogen-bond donors (Lipinski definition) is 1. The molecule has 2 rings (SSSR count). The van der Waals surface area contributed by atoms with E-state index in [1.165, 1.54) is 0 Å². The molecule has 2 amide bonds. The molecule has 0 radical (unpaired) electrons. The number of carbonyl (C=O) groups is 2. The molecule has 0 bridgehead atoms. The van der Waals surface area contributed by atoms with Gasteiger partial charge in [0.25, 0.3) is 0 Å². The third kappa shape index (κ3) is 5.07. The van der Waals surface area contributed by atoms with Gasteiger partial charge in [-0.15, -0.1) is 0 Å². The fraction of sp³-hybridized carbons (Fsp3) is 0.467. The second-order valence-electron chi connectivity index (χ2n) is 5.04. The van der Waals surface area contributed by atoms with E-state index < -0.39 is 0 Å². The summed E-state index contributed by atoms with van der Waals surface area (Å²) in [5.74, 6) is 0.220. The van der Waals surface area contributed by atoms with Gasteiger partial charge in [0.2, 0.25) is 11.8 Å². The summed E-state index contributed by atoms with van der Waals surface area (Å²) in [4.78, 5) is 25.2. The average Bonchev–Trinajstić information content (AvgIpc) is 3.01. The Kier molecular flexibility index (Phi) is 6.34. The number of amides is 2. The van der Waals surface area contributed by atoms with E-state index in [-0.39, 0.29) is 31.4 Å². The van der Waals surface area contributed by atoms with Crippen molar-refractivity contribution < 1.29 is 14.3 Å². The molecule has 1 aromatic rings. The Hall–Kier alpha value is -1.46. The van der Waals surface area contributed by atoms with Crippen molar-refractivity contribution in [3.05, 3.63) is 28.2 Å². The summed E-state index contributed by atoms with van der Waals surface area (Å²) < 4.78 is 5.42. The van der Waals surface area contributed by atoms with Gasteiger partial charge in [-0.25, -0.2) is 0 Å². The van der Waals surface area contributed by atoms with E-state index in [0.717, 1.165) is 25.9 Å². The summed E-state index contributed by atoms with van der Waals surface area (Å²) in [6.07, 6.45) is 2.23. The van der Waals surface area contributed by atoms with Gasteiger partial charge in [-0.05, 0) is 31.0 Å². The Morgan fingerprint density at radius 3 is 2.64 bits per heavy atom. The van der Waals surface area contributed by atoms with E-state index >= 15 is 0 Å². The highest BCUT2D eigenvalue weighted by atomic mass is 35.5. The monoisotopic (exact) mass is 344 g/mol. The van der Waals surface area contributed by atoms with E-state index in [4.69, 9.17) is 27.9 Å². The highest BCUT2D eigenvalue weighted by molar-refractivity contribution is 6.35. The van der Waals surface area contributed by atoms with Crippen LogP contribution in [0.25, 0.3) is 0 Å². The molecule has 0 unspecified atom stereocenters. The minimum absolute atomic E-state index is 0.0347. The maximum Gasteiger partial charge on any atom is 0.241 e. The van der Waals surface area contributed by atoms with Crippen molar-refractivity contribution in [3.63, 3.8) is 0 Å². The van der Waals surface area contributed by atoms with Crippen LogP contribution in [0.3, 0.4) is 0 Å². The maximum atomic E-state index is 11.8. The second kappa shape index (κ2) is 8.25. The first-order chi connectivity index (χ1) is 10.6. The molecule has 5 nitrogen and oxygen atoms in total. The van der Waals surface area contributed by atoms with E-state index in [9.17, 15) is 9.59 Å². The number of rotatable bonds is 6. The molecule has 0 spiro atoms. The van der Waals surface area contributed by atoms with Crippen LogP contribution in [0.15, 0.2) is 18.2 Å². The molecule has 0 atom stereocenters. The van der Waals surface area contributed by atoms with Crippen LogP contribution in [0.1, 0.15) is 19.3 Å². The molecular weight excluding hydrogens is 327 g/mol. The second-order valence-corrected chi connectivity index (χ2v) is 5.88. The quantitative estimate of drug-likeness (QED) is 0.862. The van der Waals surface area contributed by atoms with Gasteiger partial charge < -0.3 is 15.0 Å². The highest BCUT2D eigenvalue weighted by Gasteiger charge is 2.18. The number of benzene rings is 1. The lowest BCUT2D eigenvalue weighted by molar-refractivity contribution is -0.132. The highest BCUT2D eigenvalue weighted by Crippen LogP contribution is 2.27. The van der Waals surface area contributed by atoms with E-state index in [1.807, 2.05) is 0 Å². The van der Waals surface area contributed by atoms with E-state index in [2.05, 4.69) is 5.32 Å². The smallest absolute Gasteiger partial charge is 0.241 e. The zero-order chi connectivity index (χ0) is 15.9. The summed E-state index contributed by atoms with van der Waals surface area (Å²) in [6, 6.07) is 4.89. The summed E-state index contributed by atoms with van der Waals surface area (Å²) in [7, 11) is 0. The predicted octanol–water partition coefficient (Wildman–Crippen LogP) is 2.50. The summed E-state index contributed by atoms with van der Waals surface area (Å²) in [5.41, 5.74) is 0. The predicted molar refractivity (Wildman–Crippen MR) is 85.4 cm³/mol. The molecule has 1 fully saturated rings. The summed E-state index contributed by atoms with van der Waals surface area (Å²) >= 11 is 11.7. The number of halogens is 2. The number of carbonyl (C=O) groups excluding carboxylic acids is 2. The molecule has 1 aliphatic heterocycles. The lowest BCUT2D eigenvalue weighted by Gasteiger charge is -2.15. The van der Waals surface area contributed by atoms with Crippen LogP contribution >= 0.6 is 23.2 Å². The van der Waals surface area contributed by atoms with Crippen LogP contribution < -0.4 is 10.1 Å². The largest absolute Gasteiger partial charge is 0.491 e. The van der Waals surface area contributed by atoms with Crippen LogP contribution in [0.2, 0.25) is 10.0 Å². The molecule has 0 saturated carbocycles. The van der Waals surface area contributed by atoms with Gasteiger partial charge in [0, 0.05) is 18.1 Å². The molecule has 1 aromatic carbocycles. The van der Waals surface area contributed by atoms with Crippen molar-refractivity contribution in [1.29, 1.82) is 0 Å². The Bertz CT molecular complexity index is 546. The molecule has 120 valence electrons. The number of ether oxygens (including phenoxy) is 1. The Morgan fingerprint density at radius 2 is 1.95 bits per heavy atom. The lowest BCUT2D eigenvalue weighted by Crippen LogP contribution is -2.38. The number of nitrogens with one attached hydrogen (secondary N) is 1. The molecule has 1 heterocycles. The first-order valence-corrected chi connectivity index (χ1v) is 7.94. The molecule has 0 aliphatic carbocycles. The fourth-order valence-corrected chi connectivity index (χ4v) is 2.65. The van der Waals surface area contributed by atoms with E-state index in [1.54, 1.807) is 23.1 Å². The van der Waals surface area contributed by atoms with Crippen LogP contribution in [-0.4, -0.2) is 43.0 Å². The first-order valence-electron chi connectivity index (χ1n) is 7.18. The third-order valence-electron chi connectivity index (χ3n) is 3.38. The Labute approximate surface area is 139 Å². The van der Waals surface area contributed by atoms with Gasteiger partial charge in [-0.1, -0.05) is 23.2 Å². The van der Waals surface area contributed by atoms with Gasteiger partial charge in [0.05, 0.1) is 24.6 Å². The van der Waals surface area contributed by atoms with Crippen LogP contribution in [-0.2, 0) is 9.59 Å². The van der Waals surface area contributed by atoms with Crippen molar-refractivity contribution in [1.82, 2.24) is 10.2 Å². The normalized spacial score (nSPS) is 14.0. The van der Waals surface area contributed by atoms with Crippen LogP contribution in [0.5, 0.6) is 5.75 Å². The summed E-state index contributed by atoms with van der Waals surface area (Å²) in [5, 5.41) is 3.53. The molecular formula is C15H18Cl2N2O3. The number of hydrogen-bond acceptors (Lipinski definition) is 3. The molecule has 1 saturated heterocycles. The Balaban J connectivity index is 1.66. The topological polar surface area (TPSA) is 58.6 Å². The Morgan fingerprint density at radius 1 is 1.23 bits per heavy atom. The minimum atomic E-state index is -0.224. The molecule has 1 N–H and O–H groups in total.